The molecule has 1 aromatic carbocycles. The second-order valence-corrected chi connectivity index (χ2v) is 6.70. The molecular formula is C17H25F3N6O3. The first-order valence-electron chi connectivity index (χ1n) is 9.03. The highest BCUT2D eigenvalue weighted by Gasteiger charge is 2.38. The summed E-state index contributed by atoms with van der Waals surface area (Å²) in [4.78, 5) is 16.8. The van der Waals surface area contributed by atoms with Gasteiger partial charge >= 0.3 is 12.1 Å². The number of carbonyl (C=O) groups excluding carboxylic acids is 1. The molecule has 12 heteroatoms. The van der Waals surface area contributed by atoms with Crippen molar-refractivity contribution in [2.24, 2.45) is 4.99 Å². The number of guanidine groups is 1. The third kappa shape index (κ3) is 6.48. The quantitative estimate of drug-likeness (QED) is 0.476. The van der Waals surface area contributed by atoms with Crippen molar-refractivity contribution in [1.29, 1.82) is 0 Å². The molecule has 4 N–H and O–H groups in total. The van der Waals surface area contributed by atoms with Gasteiger partial charge in [0.05, 0.1) is 0 Å². The fraction of sp³-hybridized carbons (Fsp3) is 0.529. The van der Waals surface area contributed by atoms with Gasteiger partial charge in [-0.3, -0.25) is 15.2 Å². The molecular weight excluding hydrogens is 393 g/mol. The Morgan fingerprint density at radius 1 is 1.24 bits per heavy atom. The highest BCUT2D eigenvalue weighted by molar-refractivity contribution is 6.00. The number of amides is 1. The Morgan fingerprint density at radius 2 is 1.93 bits per heavy atom. The molecule has 1 aliphatic heterocycles. The lowest BCUT2D eigenvalue weighted by Gasteiger charge is -2.33. The number of fused-ring (bicyclic) bond motifs is 1. The maximum atomic E-state index is 12.1. The molecule has 1 amide bonds. The van der Waals surface area contributed by atoms with Gasteiger partial charge in [-0.05, 0) is 57.6 Å². The first kappa shape index (κ1) is 22.7. The number of hydrogen-bond acceptors (Lipinski definition) is 6. The summed E-state index contributed by atoms with van der Waals surface area (Å²) < 4.78 is 36.2. The van der Waals surface area contributed by atoms with Crippen LogP contribution in [-0.4, -0.2) is 66.6 Å². The van der Waals surface area contributed by atoms with Crippen LogP contribution in [0.3, 0.4) is 0 Å². The van der Waals surface area contributed by atoms with Crippen LogP contribution in [0, 0.1) is 6.92 Å². The molecule has 0 aromatic heterocycles. The van der Waals surface area contributed by atoms with Crippen molar-refractivity contribution >= 4 is 23.2 Å². The average molecular weight is 418 g/mol. The molecule has 2 rings (SSSR count). The van der Waals surface area contributed by atoms with E-state index in [4.69, 9.17) is 0 Å². The largest absolute Gasteiger partial charge is 0.471 e. The number of nitrogens with zero attached hydrogens (tertiary/aromatic N) is 4. The van der Waals surface area contributed by atoms with Gasteiger partial charge in [0.2, 0.25) is 5.96 Å². The van der Waals surface area contributed by atoms with Crippen LogP contribution < -0.4 is 21.0 Å². The lowest BCUT2D eigenvalue weighted by molar-refractivity contribution is -0.173. The highest BCUT2D eigenvalue weighted by atomic mass is 19.4. The Balaban J connectivity index is 1.72. The van der Waals surface area contributed by atoms with Crippen LogP contribution in [0.4, 0.5) is 24.5 Å². The predicted molar refractivity (Wildman–Crippen MR) is 101 cm³/mol. The predicted octanol–water partition coefficient (Wildman–Crippen LogP) is 1.65. The van der Waals surface area contributed by atoms with Crippen molar-refractivity contribution in [3.8, 4) is 0 Å². The average Bonchev–Trinajstić information content (AvgIpc) is 2.65. The summed E-state index contributed by atoms with van der Waals surface area (Å²) in [5.74, 6) is -1.86. The van der Waals surface area contributed by atoms with E-state index in [-0.39, 0.29) is 12.5 Å². The minimum absolute atomic E-state index is 0.0560. The number of halogens is 3. The van der Waals surface area contributed by atoms with E-state index in [0.29, 0.717) is 43.9 Å². The molecule has 1 aliphatic rings. The van der Waals surface area contributed by atoms with E-state index in [2.05, 4.69) is 10.4 Å². The van der Waals surface area contributed by atoms with E-state index in [1.165, 1.54) is 0 Å². The summed E-state index contributed by atoms with van der Waals surface area (Å²) in [5, 5.41) is 23.8. The number of hydroxylamine groups is 1. The minimum Gasteiger partial charge on any atom is -0.348 e. The number of carbonyl (C=O) groups is 1. The molecule has 29 heavy (non-hydrogen) atoms. The van der Waals surface area contributed by atoms with Crippen LogP contribution in [0.15, 0.2) is 23.2 Å². The standard InChI is InChI=1S/C17H25F3N6O3/c1-12-5-6-13-14(11-12)25(28)16(23-26(13)29)22-8-4-10-24(2)9-3-7-21-15(27)17(18,19)20/h5-6,11,28-29H,3-4,7-10H2,1-2H3,(H,21,27)(H,22,23). The first-order chi connectivity index (χ1) is 13.6. The number of aryl methyl sites for hydroxylation is 1. The maximum Gasteiger partial charge on any atom is 0.471 e. The molecule has 9 nitrogen and oxygen atoms in total. The molecule has 162 valence electrons. The molecule has 0 bridgehead atoms. The number of rotatable bonds is 8. The lowest BCUT2D eigenvalue weighted by Crippen LogP contribution is -2.52. The SMILES string of the molecule is Cc1ccc2c(c1)N(O)C(=NCCCN(C)CCCNC(=O)C(F)(F)F)NN2O. The smallest absolute Gasteiger partial charge is 0.348 e. The van der Waals surface area contributed by atoms with E-state index in [0.717, 1.165) is 15.8 Å². The zero-order valence-electron chi connectivity index (χ0n) is 16.2. The van der Waals surface area contributed by atoms with Crippen LogP contribution in [0.2, 0.25) is 0 Å². The number of nitrogens with one attached hydrogen (secondary N) is 2. The van der Waals surface area contributed by atoms with Gasteiger partial charge in [-0.15, -0.1) is 0 Å². The maximum absolute atomic E-state index is 12.1. The van der Waals surface area contributed by atoms with Crippen molar-refractivity contribution in [1.82, 2.24) is 15.6 Å². The van der Waals surface area contributed by atoms with Crippen molar-refractivity contribution in [2.45, 2.75) is 25.9 Å². The number of anilines is 2. The summed E-state index contributed by atoms with van der Waals surface area (Å²) in [6.07, 6.45) is -3.85. The Bertz CT molecular complexity index is 744. The molecule has 0 saturated carbocycles. The molecule has 0 fully saturated rings. The second-order valence-electron chi connectivity index (χ2n) is 6.70. The summed E-state index contributed by atoms with van der Waals surface area (Å²) in [6, 6.07) is 5.16. The Morgan fingerprint density at radius 3 is 2.62 bits per heavy atom. The fourth-order valence-corrected chi connectivity index (χ4v) is 2.69. The van der Waals surface area contributed by atoms with Crippen molar-refractivity contribution in [3.63, 3.8) is 0 Å². The van der Waals surface area contributed by atoms with Crippen LogP contribution in [-0.2, 0) is 4.79 Å². The minimum atomic E-state index is -4.86. The van der Waals surface area contributed by atoms with Crippen molar-refractivity contribution in [3.05, 3.63) is 23.8 Å². The van der Waals surface area contributed by atoms with Gasteiger partial charge < -0.3 is 10.2 Å². The van der Waals surface area contributed by atoms with E-state index >= 15 is 0 Å². The van der Waals surface area contributed by atoms with E-state index in [1.54, 1.807) is 18.2 Å². The summed E-state index contributed by atoms with van der Waals surface area (Å²) in [5.41, 5.74) is 4.25. The summed E-state index contributed by atoms with van der Waals surface area (Å²) >= 11 is 0. The van der Waals surface area contributed by atoms with Gasteiger partial charge in [0.15, 0.2) is 0 Å². The summed E-state index contributed by atoms with van der Waals surface area (Å²) in [6.45, 7) is 3.28. The molecule has 0 atom stereocenters. The zero-order chi connectivity index (χ0) is 21.6. The van der Waals surface area contributed by atoms with E-state index < -0.39 is 12.1 Å². The molecule has 0 unspecified atom stereocenters. The van der Waals surface area contributed by atoms with Crippen LogP contribution >= 0.6 is 0 Å². The number of aliphatic imine (C=N–C) groups is 1. The van der Waals surface area contributed by atoms with E-state index in [9.17, 15) is 28.4 Å². The number of alkyl halides is 3. The number of hydrogen-bond donors (Lipinski definition) is 4. The third-order valence-electron chi connectivity index (χ3n) is 4.21. The van der Waals surface area contributed by atoms with Crippen molar-refractivity contribution in [2.75, 3.05) is 43.5 Å². The van der Waals surface area contributed by atoms with Crippen LogP contribution in [0.1, 0.15) is 18.4 Å². The Kier molecular flexibility index (Phi) is 7.65. The van der Waals surface area contributed by atoms with Gasteiger partial charge in [0.25, 0.3) is 0 Å². The van der Waals surface area contributed by atoms with Gasteiger partial charge in [-0.1, -0.05) is 6.07 Å². The van der Waals surface area contributed by atoms with Gasteiger partial charge in [0, 0.05) is 13.1 Å². The second kappa shape index (κ2) is 9.76. The van der Waals surface area contributed by atoms with Gasteiger partial charge in [0.1, 0.15) is 11.4 Å². The number of hydrazine groups is 1. The summed E-state index contributed by atoms with van der Waals surface area (Å²) in [7, 11) is 1.81. The zero-order valence-corrected chi connectivity index (χ0v) is 16.2. The van der Waals surface area contributed by atoms with E-state index in [1.807, 2.05) is 24.2 Å². The number of benzene rings is 1. The molecule has 1 aromatic rings. The fourth-order valence-electron chi connectivity index (χ4n) is 2.69. The molecule has 0 aliphatic carbocycles. The molecule has 0 radical (unpaired) electrons. The monoisotopic (exact) mass is 418 g/mol. The molecule has 0 spiro atoms. The van der Waals surface area contributed by atoms with Gasteiger partial charge in [-0.2, -0.15) is 23.4 Å². The lowest BCUT2D eigenvalue weighted by atomic mass is 10.2. The molecule has 1 heterocycles. The molecule has 0 saturated heterocycles. The third-order valence-corrected chi connectivity index (χ3v) is 4.21. The van der Waals surface area contributed by atoms with Gasteiger partial charge in [-0.25, -0.2) is 10.4 Å². The van der Waals surface area contributed by atoms with Crippen LogP contribution in [0.25, 0.3) is 0 Å². The normalized spacial score (nSPS) is 15.5. The topological polar surface area (TPSA) is 104 Å². The Labute approximate surface area is 166 Å². The van der Waals surface area contributed by atoms with Crippen LogP contribution in [0.5, 0.6) is 0 Å². The highest BCUT2D eigenvalue weighted by Crippen LogP contribution is 2.30. The Hall–Kier alpha value is -2.57. The van der Waals surface area contributed by atoms with Crippen molar-refractivity contribution < 1.29 is 28.4 Å². The first-order valence-corrected chi connectivity index (χ1v) is 9.03.